The van der Waals surface area contributed by atoms with Crippen LogP contribution in [0.15, 0.2) is 35.2 Å². The van der Waals surface area contributed by atoms with Crippen LogP contribution in [0.3, 0.4) is 0 Å². The summed E-state index contributed by atoms with van der Waals surface area (Å²) in [6.45, 7) is 4.50. The Labute approximate surface area is 250 Å². The molecule has 0 atom stereocenters. The summed E-state index contributed by atoms with van der Waals surface area (Å²) in [5, 5.41) is 1.99. The van der Waals surface area contributed by atoms with Gasteiger partial charge in [0, 0.05) is 0 Å². The Balaban J connectivity index is 0.00000684. The molecule has 0 heterocycles. The zero-order valence-corrected chi connectivity index (χ0v) is 27.0. The van der Waals surface area contributed by atoms with Gasteiger partial charge in [0.25, 0.3) is 0 Å². The second kappa shape index (κ2) is 20.5. The van der Waals surface area contributed by atoms with Crippen LogP contribution in [0.25, 0.3) is 10.8 Å². The first-order valence-electron chi connectivity index (χ1n) is 15.0. The number of unbranched alkanes of at least 4 members (excludes halogenated alkanes) is 16. The van der Waals surface area contributed by atoms with Crippen molar-refractivity contribution in [1.82, 2.24) is 0 Å². The standard InChI is InChI=1S/C32H52O3S.Na/c1-3-5-7-9-11-13-15-17-19-22-28-24-21-25-29-27-32(36(33,34)35)30(26-31(28)29)23-20-18-16-14-12-10-8-6-4-2;/h21,24-27H,3-20,22-23H2,1-2H3,(H,33,34,35);/q;+1/p-1. The first-order chi connectivity index (χ1) is 17.5. The second-order valence-electron chi connectivity index (χ2n) is 10.7. The van der Waals surface area contributed by atoms with Crippen molar-refractivity contribution < 1.29 is 42.5 Å². The van der Waals surface area contributed by atoms with Crippen LogP contribution in [0, 0.1) is 0 Å². The van der Waals surface area contributed by atoms with Gasteiger partial charge in [0.05, 0.1) is 4.90 Å². The Bertz CT molecular complexity index is 971. The van der Waals surface area contributed by atoms with Crippen LogP contribution in [0.1, 0.15) is 141 Å². The van der Waals surface area contributed by atoms with Crippen molar-refractivity contribution in [2.24, 2.45) is 0 Å². The Hall–Kier alpha value is -0.390. The molecule has 0 aliphatic heterocycles. The number of hydrogen-bond acceptors (Lipinski definition) is 3. The van der Waals surface area contributed by atoms with Crippen LogP contribution >= 0.6 is 0 Å². The molecule has 37 heavy (non-hydrogen) atoms. The van der Waals surface area contributed by atoms with E-state index in [1.54, 1.807) is 6.07 Å². The summed E-state index contributed by atoms with van der Waals surface area (Å²) in [7, 11) is -4.48. The van der Waals surface area contributed by atoms with Gasteiger partial charge in [-0.15, -0.1) is 0 Å². The molecule has 0 saturated heterocycles. The van der Waals surface area contributed by atoms with Crippen molar-refractivity contribution in [3.8, 4) is 0 Å². The molecule has 3 nitrogen and oxygen atoms in total. The van der Waals surface area contributed by atoms with E-state index < -0.39 is 10.1 Å². The number of hydrogen-bond donors (Lipinski definition) is 0. The average molecular weight is 539 g/mol. The molecule has 0 bridgehead atoms. The van der Waals surface area contributed by atoms with Crippen LogP contribution in [0.4, 0.5) is 0 Å². The zero-order valence-electron chi connectivity index (χ0n) is 24.2. The van der Waals surface area contributed by atoms with E-state index in [1.807, 2.05) is 18.2 Å². The van der Waals surface area contributed by atoms with Crippen LogP contribution in [-0.4, -0.2) is 13.0 Å². The summed E-state index contributed by atoms with van der Waals surface area (Å²) in [4.78, 5) is -0.0187. The molecule has 0 N–H and O–H groups in total. The molecular weight excluding hydrogens is 487 g/mol. The monoisotopic (exact) mass is 538 g/mol. The van der Waals surface area contributed by atoms with Gasteiger partial charge in [-0.1, -0.05) is 135 Å². The Morgan fingerprint density at radius 2 is 1.03 bits per heavy atom. The fourth-order valence-electron chi connectivity index (χ4n) is 5.31. The average Bonchev–Trinajstić information content (AvgIpc) is 2.86. The molecule has 5 heteroatoms. The SMILES string of the molecule is CCCCCCCCCCCc1cc2c(CCCCCCCCCCC)cccc2cc1S(=O)(=O)[O-].[Na+]. The van der Waals surface area contributed by atoms with Crippen LogP contribution in [-0.2, 0) is 23.0 Å². The van der Waals surface area contributed by atoms with Gasteiger partial charge in [-0.05, 0) is 59.7 Å². The van der Waals surface area contributed by atoms with E-state index in [9.17, 15) is 13.0 Å². The molecule has 2 rings (SSSR count). The quantitative estimate of drug-likeness (QED) is 0.0987. The van der Waals surface area contributed by atoms with E-state index in [2.05, 4.69) is 19.9 Å². The van der Waals surface area contributed by atoms with Crippen molar-refractivity contribution in [3.63, 3.8) is 0 Å². The zero-order chi connectivity index (χ0) is 26.1. The summed E-state index contributed by atoms with van der Waals surface area (Å²) >= 11 is 0. The third-order valence-corrected chi connectivity index (χ3v) is 8.44. The maximum Gasteiger partial charge on any atom is 1.00 e. The third-order valence-electron chi connectivity index (χ3n) is 7.52. The van der Waals surface area contributed by atoms with E-state index in [1.165, 1.54) is 102 Å². The van der Waals surface area contributed by atoms with E-state index in [0.29, 0.717) is 12.0 Å². The molecule has 0 fully saturated rings. The van der Waals surface area contributed by atoms with Gasteiger partial charge in [0.15, 0.2) is 0 Å². The molecule has 2 aromatic rings. The summed E-state index contributed by atoms with van der Waals surface area (Å²) in [5.74, 6) is 0. The van der Waals surface area contributed by atoms with Crippen LogP contribution in [0.5, 0.6) is 0 Å². The number of rotatable bonds is 21. The largest absolute Gasteiger partial charge is 1.00 e. The number of fused-ring (bicyclic) bond motifs is 1. The van der Waals surface area contributed by atoms with Gasteiger partial charge in [-0.2, -0.15) is 0 Å². The molecule has 0 saturated carbocycles. The smallest absolute Gasteiger partial charge is 0.744 e. The fraction of sp³-hybridized carbons (Fsp3) is 0.688. The van der Waals surface area contributed by atoms with Crippen molar-refractivity contribution in [2.75, 3.05) is 0 Å². The molecule has 0 aliphatic rings. The summed E-state index contributed by atoms with van der Waals surface area (Å²) in [5.41, 5.74) is 1.98. The molecule has 0 aromatic heterocycles. The van der Waals surface area contributed by atoms with Gasteiger partial charge in [-0.25, -0.2) is 8.42 Å². The Kier molecular flexibility index (Phi) is 19.2. The molecule has 0 aliphatic carbocycles. The molecule has 2 aromatic carbocycles. The molecule has 0 amide bonds. The molecule has 0 unspecified atom stereocenters. The van der Waals surface area contributed by atoms with Crippen molar-refractivity contribution >= 4 is 20.9 Å². The minimum atomic E-state index is -4.48. The minimum Gasteiger partial charge on any atom is -0.744 e. The second-order valence-corrected chi connectivity index (χ2v) is 12.1. The summed E-state index contributed by atoms with van der Waals surface area (Å²) in [6, 6.07) is 9.73. The predicted molar refractivity (Wildman–Crippen MR) is 154 cm³/mol. The molecule has 0 radical (unpaired) electrons. The van der Waals surface area contributed by atoms with Gasteiger partial charge in [-0.3, -0.25) is 0 Å². The summed E-state index contributed by atoms with van der Waals surface area (Å²) in [6.07, 6.45) is 24.4. The number of aryl methyl sites for hydroxylation is 2. The van der Waals surface area contributed by atoms with E-state index in [4.69, 9.17) is 0 Å². The van der Waals surface area contributed by atoms with Crippen LogP contribution in [0.2, 0.25) is 0 Å². The van der Waals surface area contributed by atoms with E-state index in [-0.39, 0.29) is 34.5 Å². The molecule has 204 valence electrons. The van der Waals surface area contributed by atoms with Gasteiger partial charge in [0.2, 0.25) is 0 Å². The third kappa shape index (κ3) is 14.0. The fourth-order valence-corrected chi connectivity index (χ4v) is 6.07. The van der Waals surface area contributed by atoms with Gasteiger partial charge >= 0.3 is 29.6 Å². The van der Waals surface area contributed by atoms with Crippen molar-refractivity contribution in [1.29, 1.82) is 0 Å². The summed E-state index contributed by atoms with van der Waals surface area (Å²) < 4.78 is 36.1. The maximum atomic E-state index is 12.0. The van der Waals surface area contributed by atoms with Crippen molar-refractivity contribution in [2.45, 2.75) is 147 Å². The van der Waals surface area contributed by atoms with E-state index >= 15 is 0 Å². The predicted octanol–water partition coefficient (Wildman–Crippen LogP) is 6.89. The maximum absolute atomic E-state index is 12.0. The first-order valence-corrected chi connectivity index (χ1v) is 16.4. The normalized spacial score (nSPS) is 11.6. The van der Waals surface area contributed by atoms with Gasteiger partial charge in [0.1, 0.15) is 10.1 Å². The van der Waals surface area contributed by atoms with Gasteiger partial charge < -0.3 is 4.55 Å². The first kappa shape index (κ1) is 34.6. The van der Waals surface area contributed by atoms with Crippen molar-refractivity contribution in [3.05, 3.63) is 41.5 Å². The minimum absolute atomic E-state index is 0. The molecular formula is C32H51NaO3S. The Morgan fingerprint density at radius 1 is 0.595 bits per heavy atom. The number of benzene rings is 2. The topological polar surface area (TPSA) is 57.2 Å². The molecule has 0 spiro atoms. The van der Waals surface area contributed by atoms with Crippen LogP contribution < -0.4 is 29.6 Å². The Morgan fingerprint density at radius 3 is 1.49 bits per heavy atom. The van der Waals surface area contributed by atoms with E-state index in [0.717, 1.165) is 36.5 Å².